The number of thiocarbonyl (C=S) groups is 1. The molecule has 3 N–H and O–H groups in total. The second kappa shape index (κ2) is 8.25. The van der Waals surface area contributed by atoms with Crippen molar-refractivity contribution in [2.45, 2.75) is 40.0 Å². The zero-order valence-corrected chi connectivity index (χ0v) is 17.0. The molecule has 0 saturated carbocycles. The number of hydrogen-bond donors (Lipinski definition) is 3. The first-order valence-electron chi connectivity index (χ1n) is 7.72. The summed E-state index contributed by atoms with van der Waals surface area (Å²) in [6.45, 7) is 5.51. The third-order valence-corrected chi connectivity index (χ3v) is 4.82. The van der Waals surface area contributed by atoms with E-state index >= 15 is 0 Å². The summed E-state index contributed by atoms with van der Waals surface area (Å²) in [6, 6.07) is 0. The lowest BCUT2D eigenvalue weighted by molar-refractivity contribution is -0.142. The number of amides is 1. The average Bonchev–Trinajstić information content (AvgIpc) is 3.07. The van der Waals surface area contributed by atoms with Crippen LogP contribution in [0.5, 0.6) is 0 Å². The molecule has 0 bridgehead atoms. The molecule has 0 saturated heterocycles. The Morgan fingerprint density at radius 3 is 2.44 bits per heavy atom. The van der Waals surface area contributed by atoms with Gasteiger partial charge in [0.05, 0.1) is 27.7 Å². The van der Waals surface area contributed by atoms with Gasteiger partial charge in [-0.2, -0.15) is 23.4 Å². The number of hydrogen-bond acceptors (Lipinski definition) is 4. The number of anilines is 1. The Labute approximate surface area is 166 Å². The molecular formula is C14H17BrF3N7OS. The predicted octanol–water partition coefficient (Wildman–Crippen LogP) is 2.52. The van der Waals surface area contributed by atoms with E-state index in [0.29, 0.717) is 12.2 Å². The van der Waals surface area contributed by atoms with Gasteiger partial charge in [0, 0.05) is 6.54 Å². The number of nitrogens with zero attached hydrogens (tertiary/aromatic N) is 4. The lowest BCUT2D eigenvalue weighted by atomic mass is 10.3. The number of alkyl halides is 3. The molecule has 27 heavy (non-hydrogen) atoms. The number of hydrazine groups is 1. The maximum absolute atomic E-state index is 12.8. The molecule has 2 aromatic heterocycles. The van der Waals surface area contributed by atoms with E-state index in [0.717, 1.165) is 10.4 Å². The van der Waals surface area contributed by atoms with E-state index in [1.807, 2.05) is 13.8 Å². The van der Waals surface area contributed by atoms with E-state index in [-0.39, 0.29) is 15.3 Å². The first kappa shape index (κ1) is 21.2. The minimum absolute atomic E-state index is 0.108. The highest BCUT2D eigenvalue weighted by molar-refractivity contribution is 9.10. The molecule has 1 amide bonds. The first-order valence-corrected chi connectivity index (χ1v) is 8.93. The van der Waals surface area contributed by atoms with Crippen LogP contribution >= 0.6 is 28.1 Å². The maximum atomic E-state index is 12.8. The average molecular weight is 468 g/mol. The highest BCUT2D eigenvalue weighted by atomic mass is 79.9. The molecule has 0 fully saturated rings. The Morgan fingerprint density at radius 2 is 1.93 bits per heavy atom. The van der Waals surface area contributed by atoms with Gasteiger partial charge in [-0.1, -0.05) is 0 Å². The number of aromatic nitrogens is 4. The summed E-state index contributed by atoms with van der Waals surface area (Å²) in [5, 5.41) is 10.6. The number of rotatable bonds is 4. The fourth-order valence-corrected chi connectivity index (χ4v) is 2.87. The molecule has 0 spiro atoms. The van der Waals surface area contributed by atoms with Crippen molar-refractivity contribution < 1.29 is 18.0 Å². The van der Waals surface area contributed by atoms with Gasteiger partial charge in [-0.3, -0.25) is 25.0 Å². The van der Waals surface area contributed by atoms with Crippen molar-refractivity contribution in [1.29, 1.82) is 0 Å². The van der Waals surface area contributed by atoms with Crippen LogP contribution in [-0.2, 0) is 24.1 Å². The lowest BCUT2D eigenvalue weighted by Gasteiger charge is -2.12. The summed E-state index contributed by atoms with van der Waals surface area (Å²) in [4.78, 5) is 12.0. The highest BCUT2D eigenvalue weighted by Crippen LogP contribution is 2.35. The topological polar surface area (TPSA) is 88.8 Å². The van der Waals surface area contributed by atoms with E-state index in [1.54, 1.807) is 10.9 Å². The minimum Gasteiger partial charge on any atom is -0.329 e. The Bertz CT molecular complexity index is 862. The fourth-order valence-electron chi connectivity index (χ4n) is 2.20. The van der Waals surface area contributed by atoms with Crippen molar-refractivity contribution in [3.05, 3.63) is 27.8 Å². The van der Waals surface area contributed by atoms with Crippen LogP contribution in [0.15, 0.2) is 10.7 Å². The molecule has 13 heteroatoms. The smallest absolute Gasteiger partial charge is 0.329 e. The lowest BCUT2D eigenvalue weighted by Crippen LogP contribution is -2.45. The molecule has 2 aromatic rings. The minimum atomic E-state index is -4.62. The Kier molecular flexibility index (Phi) is 6.46. The van der Waals surface area contributed by atoms with Crippen molar-refractivity contribution in [1.82, 2.24) is 30.4 Å². The van der Waals surface area contributed by atoms with Gasteiger partial charge in [-0.05, 0) is 48.9 Å². The normalized spacial score (nSPS) is 11.4. The Morgan fingerprint density at radius 1 is 1.26 bits per heavy atom. The van der Waals surface area contributed by atoms with Gasteiger partial charge in [0.2, 0.25) is 0 Å². The quantitative estimate of drug-likeness (QED) is 0.472. The summed E-state index contributed by atoms with van der Waals surface area (Å²) in [5.74, 6) is -0.619. The predicted molar refractivity (Wildman–Crippen MR) is 99.8 cm³/mol. The molecule has 0 aliphatic heterocycles. The molecule has 0 atom stereocenters. The second-order valence-electron chi connectivity index (χ2n) is 5.49. The molecule has 0 aliphatic rings. The summed E-state index contributed by atoms with van der Waals surface area (Å²) < 4.78 is 41.1. The largest absolute Gasteiger partial charge is 0.436 e. The van der Waals surface area contributed by atoms with Gasteiger partial charge in [-0.25, -0.2) is 0 Å². The van der Waals surface area contributed by atoms with Gasteiger partial charge in [0.15, 0.2) is 10.8 Å². The number of carbonyl (C=O) groups is 1. The summed E-state index contributed by atoms with van der Waals surface area (Å²) >= 11 is 7.92. The Balaban J connectivity index is 1.93. The first-order chi connectivity index (χ1) is 12.5. The van der Waals surface area contributed by atoms with Crippen molar-refractivity contribution >= 4 is 44.9 Å². The summed E-state index contributed by atoms with van der Waals surface area (Å²) in [5.41, 5.74) is 5.43. The fraction of sp³-hybridized carbons (Fsp3) is 0.429. The molecule has 0 aliphatic carbocycles. The van der Waals surface area contributed by atoms with Crippen LogP contribution in [0.2, 0.25) is 0 Å². The molecule has 0 aromatic carbocycles. The third-order valence-electron chi connectivity index (χ3n) is 3.66. The van der Waals surface area contributed by atoms with Gasteiger partial charge in [-0.15, -0.1) is 0 Å². The van der Waals surface area contributed by atoms with Gasteiger partial charge in [0.25, 0.3) is 5.91 Å². The molecular weight excluding hydrogens is 451 g/mol. The van der Waals surface area contributed by atoms with Crippen molar-refractivity contribution in [2.24, 2.45) is 0 Å². The molecule has 8 nitrogen and oxygen atoms in total. The van der Waals surface area contributed by atoms with E-state index in [9.17, 15) is 18.0 Å². The molecule has 0 radical (unpaired) electrons. The van der Waals surface area contributed by atoms with Crippen LogP contribution in [0.25, 0.3) is 0 Å². The summed E-state index contributed by atoms with van der Waals surface area (Å²) in [7, 11) is 0. The standard InChI is InChI=1S/C14H17BrF3N7OS/c1-4-24-7(2)9(5-19-24)20-13(27)22-21-10(26)6-25-8(3)11(15)12(23-25)14(16,17)18/h5H,4,6H2,1-3H3,(H,21,26)(H2,20,22,27). The van der Waals surface area contributed by atoms with Crippen LogP contribution in [0.1, 0.15) is 24.0 Å². The van der Waals surface area contributed by atoms with Gasteiger partial charge < -0.3 is 5.32 Å². The van der Waals surface area contributed by atoms with Crippen molar-refractivity contribution in [3.63, 3.8) is 0 Å². The second-order valence-corrected chi connectivity index (χ2v) is 6.69. The van der Waals surface area contributed by atoms with Crippen molar-refractivity contribution in [2.75, 3.05) is 5.32 Å². The highest BCUT2D eigenvalue weighted by Gasteiger charge is 2.38. The van der Waals surface area contributed by atoms with Crippen LogP contribution in [0.4, 0.5) is 18.9 Å². The zero-order valence-electron chi connectivity index (χ0n) is 14.6. The van der Waals surface area contributed by atoms with Crippen LogP contribution in [0, 0.1) is 13.8 Å². The van der Waals surface area contributed by atoms with Gasteiger partial charge >= 0.3 is 6.18 Å². The van der Waals surface area contributed by atoms with Gasteiger partial charge in [0.1, 0.15) is 6.54 Å². The Hall–Kier alpha value is -2.15. The molecule has 0 unspecified atom stereocenters. The third kappa shape index (κ3) is 4.97. The van der Waals surface area contributed by atoms with Crippen LogP contribution < -0.4 is 16.2 Å². The summed E-state index contributed by atoms with van der Waals surface area (Å²) in [6.07, 6.45) is -3.02. The molecule has 148 valence electrons. The van der Waals surface area contributed by atoms with E-state index in [1.165, 1.54) is 6.92 Å². The molecule has 2 rings (SSSR count). The van der Waals surface area contributed by atoms with Crippen molar-refractivity contribution in [3.8, 4) is 0 Å². The number of carbonyl (C=O) groups excluding carboxylic acids is 1. The SMILES string of the molecule is CCn1ncc(NC(=S)NNC(=O)Cn2nc(C(F)(F)F)c(Br)c2C)c1C. The molecule has 2 heterocycles. The number of aryl methyl sites for hydroxylation is 1. The van der Waals surface area contributed by atoms with Crippen LogP contribution in [0.3, 0.4) is 0 Å². The van der Waals surface area contributed by atoms with E-state index in [2.05, 4.69) is 42.3 Å². The van der Waals surface area contributed by atoms with Crippen LogP contribution in [-0.4, -0.2) is 30.6 Å². The number of halogens is 4. The van der Waals surface area contributed by atoms with E-state index in [4.69, 9.17) is 12.2 Å². The maximum Gasteiger partial charge on any atom is 0.436 e. The zero-order chi connectivity index (χ0) is 20.4. The monoisotopic (exact) mass is 467 g/mol. The number of nitrogens with one attached hydrogen (secondary N) is 3. The van der Waals surface area contributed by atoms with E-state index < -0.39 is 24.3 Å².